The van der Waals surface area contributed by atoms with Crippen LogP contribution in [0.4, 0.5) is 0 Å². The van der Waals surface area contributed by atoms with Gasteiger partial charge in [0.2, 0.25) is 5.91 Å². The van der Waals surface area contributed by atoms with Crippen LogP contribution in [0.2, 0.25) is 0 Å². The van der Waals surface area contributed by atoms with Crippen molar-refractivity contribution in [3.8, 4) is 5.75 Å². The Morgan fingerprint density at radius 1 is 0.944 bits per heavy atom. The number of nitrogens with two attached hydrogens (primary N) is 1. The van der Waals surface area contributed by atoms with Gasteiger partial charge in [-0.25, -0.2) is 0 Å². The number of hydrogen-bond donors (Lipinski definition) is 2. The molecular weight excluding hydrogens is 226 g/mol. The van der Waals surface area contributed by atoms with Gasteiger partial charge in [-0.15, -0.1) is 0 Å². The Balaban J connectivity index is 0.000000199. The molecule has 0 aliphatic carbocycles. The van der Waals surface area contributed by atoms with Crippen molar-refractivity contribution in [3.63, 3.8) is 0 Å². The van der Waals surface area contributed by atoms with Crippen LogP contribution < -0.4 is 5.73 Å². The first-order valence-electron chi connectivity index (χ1n) is 5.74. The van der Waals surface area contributed by atoms with Crippen molar-refractivity contribution in [1.82, 2.24) is 0 Å². The minimum absolute atomic E-state index is 0.242. The van der Waals surface area contributed by atoms with Crippen molar-refractivity contribution >= 4 is 5.91 Å². The predicted molar refractivity (Wildman–Crippen MR) is 72.1 cm³/mol. The van der Waals surface area contributed by atoms with E-state index in [-0.39, 0.29) is 5.91 Å². The smallest absolute Gasteiger partial charge is 0.217 e. The van der Waals surface area contributed by atoms with Gasteiger partial charge in [-0.2, -0.15) is 0 Å². The molecule has 94 valence electrons. The van der Waals surface area contributed by atoms with Crippen LogP contribution in [0, 0.1) is 0 Å². The number of carbonyl (C=O) groups is 1. The number of benzene rings is 2. The molecule has 2 aromatic carbocycles. The molecule has 0 heterocycles. The van der Waals surface area contributed by atoms with Gasteiger partial charge in [-0.1, -0.05) is 48.5 Å². The van der Waals surface area contributed by atoms with E-state index in [1.807, 2.05) is 36.4 Å². The second kappa shape index (κ2) is 7.90. The van der Waals surface area contributed by atoms with Crippen LogP contribution in [-0.2, 0) is 11.2 Å². The summed E-state index contributed by atoms with van der Waals surface area (Å²) >= 11 is 0. The number of phenols is 1. The second-order valence-electron chi connectivity index (χ2n) is 3.79. The van der Waals surface area contributed by atoms with Gasteiger partial charge in [0, 0.05) is 6.42 Å². The summed E-state index contributed by atoms with van der Waals surface area (Å²) in [5.41, 5.74) is 6.16. The number of rotatable bonds is 3. The summed E-state index contributed by atoms with van der Waals surface area (Å²) in [6.45, 7) is 0. The summed E-state index contributed by atoms with van der Waals surface area (Å²) in [5.74, 6) is 0.0800. The van der Waals surface area contributed by atoms with Gasteiger partial charge in [-0.3, -0.25) is 4.79 Å². The number of carbonyl (C=O) groups excluding carboxylic acids is 1. The predicted octanol–water partition coefficient (Wildman–Crippen LogP) is 2.50. The molecule has 0 aliphatic heterocycles. The fourth-order valence-electron chi connectivity index (χ4n) is 1.34. The zero-order valence-corrected chi connectivity index (χ0v) is 10.1. The molecule has 0 unspecified atom stereocenters. The van der Waals surface area contributed by atoms with Crippen LogP contribution >= 0.6 is 0 Å². The van der Waals surface area contributed by atoms with Gasteiger partial charge in [0.05, 0.1) is 0 Å². The van der Waals surface area contributed by atoms with E-state index in [0.717, 1.165) is 12.0 Å². The molecule has 0 atom stereocenters. The molecule has 3 nitrogen and oxygen atoms in total. The molecule has 2 rings (SSSR count). The quantitative estimate of drug-likeness (QED) is 0.870. The highest BCUT2D eigenvalue weighted by atomic mass is 16.3. The summed E-state index contributed by atoms with van der Waals surface area (Å²) in [4.78, 5) is 10.4. The number of amides is 1. The minimum atomic E-state index is -0.242. The molecule has 18 heavy (non-hydrogen) atoms. The fraction of sp³-hybridized carbons (Fsp3) is 0.133. The normalized spacial score (nSPS) is 9.11. The third-order valence-electron chi connectivity index (χ3n) is 2.26. The molecule has 0 aromatic heterocycles. The van der Waals surface area contributed by atoms with Crippen LogP contribution in [0.3, 0.4) is 0 Å². The Labute approximate surface area is 107 Å². The zero-order valence-electron chi connectivity index (χ0n) is 10.1. The van der Waals surface area contributed by atoms with E-state index < -0.39 is 0 Å². The van der Waals surface area contributed by atoms with Gasteiger partial charge < -0.3 is 10.8 Å². The highest BCUT2D eigenvalue weighted by Crippen LogP contribution is 2.03. The van der Waals surface area contributed by atoms with Gasteiger partial charge in [0.25, 0.3) is 0 Å². The van der Waals surface area contributed by atoms with Gasteiger partial charge in [-0.05, 0) is 24.1 Å². The van der Waals surface area contributed by atoms with Crippen LogP contribution in [0.1, 0.15) is 12.0 Å². The first-order valence-corrected chi connectivity index (χ1v) is 5.74. The van der Waals surface area contributed by atoms with Crippen molar-refractivity contribution < 1.29 is 9.90 Å². The topological polar surface area (TPSA) is 63.3 Å². The highest BCUT2D eigenvalue weighted by molar-refractivity contribution is 5.73. The molecule has 0 saturated carbocycles. The molecule has 1 amide bonds. The zero-order chi connectivity index (χ0) is 13.2. The van der Waals surface area contributed by atoms with Crippen LogP contribution in [-0.4, -0.2) is 11.0 Å². The third kappa shape index (κ3) is 6.33. The summed E-state index contributed by atoms with van der Waals surface area (Å²) in [6, 6.07) is 18.6. The van der Waals surface area contributed by atoms with Crippen molar-refractivity contribution in [2.45, 2.75) is 12.8 Å². The number of para-hydroxylation sites is 1. The van der Waals surface area contributed by atoms with Crippen molar-refractivity contribution in [2.24, 2.45) is 5.73 Å². The minimum Gasteiger partial charge on any atom is -0.508 e. The Bertz CT molecular complexity index is 454. The summed E-state index contributed by atoms with van der Waals surface area (Å²) in [5, 5.41) is 8.63. The molecule has 3 N–H and O–H groups in total. The molecule has 0 saturated heterocycles. The van der Waals surface area contributed by atoms with Gasteiger partial charge >= 0.3 is 0 Å². The molecular formula is C15H17NO2. The maximum atomic E-state index is 10.4. The van der Waals surface area contributed by atoms with E-state index in [1.165, 1.54) is 0 Å². The van der Waals surface area contributed by atoms with Crippen molar-refractivity contribution in [3.05, 3.63) is 66.2 Å². The fourth-order valence-corrected chi connectivity index (χ4v) is 1.34. The maximum absolute atomic E-state index is 10.4. The lowest BCUT2D eigenvalue weighted by molar-refractivity contribution is -0.117. The largest absolute Gasteiger partial charge is 0.508 e. The average molecular weight is 243 g/mol. The lowest BCUT2D eigenvalue weighted by Crippen LogP contribution is -2.10. The number of primary amides is 1. The third-order valence-corrected chi connectivity index (χ3v) is 2.26. The standard InChI is InChI=1S/C9H11NO.C6H6O/c10-9(11)7-6-8-4-2-1-3-5-8;7-6-4-2-1-3-5-6/h1-5H,6-7H2,(H2,10,11);1-5,7H. The van der Waals surface area contributed by atoms with Crippen LogP contribution in [0.15, 0.2) is 60.7 Å². The monoisotopic (exact) mass is 243 g/mol. The van der Waals surface area contributed by atoms with E-state index >= 15 is 0 Å². The Morgan fingerprint density at radius 3 is 1.83 bits per heavy atom. The molecule has 0 aliphatic rings. The van der Waals surface area contributed by atoms with Gasteiger partial charge in [0.1, 0.15) is 5.75 Å². The van der Waals surface area contributed by atoms with E-state index in [9.17, 15) is 4.79 Å². The first-order chi connectivity index (χ1) is 8.68. The van der Waals surface area contributed by atoms with E-state index in [0.29, 0.717) is 12.2 Å². The van der Waals surface area contributed by atoms with E-state index in [4.69, 9.17) is 10.8 Å². The molecule has 0 radical (unpaired) electrons. The SMILES string of the molecule is NC(=O)CCc1ccccc1.Oc1ccccc1. The number of aryl methyl sites for hydroxylation is 1. The Hall–Kier alpha value is -2.29. The van der Waals surface area contributed by atoms with E-state index in [1.54, 1.807) is 24.3 Å². The molecule has 0 fully saturated rings. The highest BCUT2D eigenvalue weighted by Gasteiger charge is 1.94. The van der Waals surface area contributed by atoms with Crippen molar-refractivity contribution in [1.29, 1.82) is 0 Å². The Kier molecular flexibility index (Phi) is 6.04. The number of aromatic hydroxyl groups is 1. The molecule has 0 spiro atoms. The van der Waals surface area contributed by atoms with Crippen LogP contribution in [0.5, 0.6) is 5.75 Å². The number of phenolic OH excluding ortho intramolecular Hbond substituents is 1. The molecule has 3 heteroatoms. The Morgan fingerprint density at radius 2 is 1.44 bits per heavy atom. The lowest BCUT2D eigenvalue weighted by Gasteiger charge is -1.96. The lowest BCUT2D eigenvalue weighted by atomic mass is 10.1. The van der Waals surface area contributed by atoms with Gasteiger partial charge in [0.15, 0.2) is 0 Å². The summed E-state index contributed by atoms with van der Waals surface area (Å²) in [7, 11) is 0. The van der Waals surface area contributed by atoms with Crippen LogP contribution in [0.25, 0.3) is 0 Å². The summed E-state index contributed by atoms with van der Waals surface area (Å²) < 4.78 is 0. The molecule has 2 aromatic rings. The molecule has 0 bridgehead atoms. The first kappa shape index (κ1) is 13.8. The maximum Gasteiger partial charge on any atom is 0.217 e. The van der Waals surface area contributed by atoms with E-state index in [2.05, 4.69) is 0 Å². The number of hydrogen-bond acceptors (Lipinski definition) is 2. The second-order valence-corrected chi connectivity index (χ2v) is 3.79. The summed E-state index contributed by atoms with van der Waals surface area (Å²) in [6.07, 6.45) is 1.18. The average Bonchev–Trinajstić information content (AvgIpc) is 2.39. The van der Waals surface area contributed by atoms with Crippen molar-refractivity contribution in [2.75, 3.05) is 0 Å².